The SMILES string of the molecule is O=C(NCC1CC(C(=O)N[C@H]2CC[C@@H](C(=O)O)C2)CO1)OCC1c2ccccc2-c2ccccc21. The van der Waals surface area contributed by atoms with Crippen molar-refractivity contribution in [2.75, 3.05) is 19.8 Å². The smallest absolute Gasteiger partial charge is 0.407 e. The maximum atomic E-state index is 12.6. The van der Waals surface area contributed by atoms with Crippen LogP contribution in [0.1, 0.15) is 42.7 Å². The first-order valence-corrected chi connectivity index (χ1v) is 12.2. The van der Waals surface area contributed by atoms with Crippen molar-refractivity contribution in [3.05, 3.63) is 59.7 Å². The highest BCUT2D eigenvalue weighted by molar-refractivity contribution is 5.80. The topological polar surface area (TPSA) is 114 Å². The standard InChI is InChI=1S/C27H30N2O6/c30-25(29-18-10-9-16(11-18)26(31)32)17-12-19(34-14-17)13-28-27(33)35-15-24-22-7-3-1-5-20(22)21-6-2-4-8-23(21)24/h1-8,16-19,24H,9-15H2,(H,28,33)(H,29,30)(H,31,32)/t16-,17?,18+,19?/m1/s1. The van der Waals surface area contributed by atoms with Gasteiger partial charge in [-0.15, -0.1) is 0 Å². The fourth-order valence-electron chi connectivity index (χ4n) is 5.53. The molecule has 4 atom stereocenters. The number of hydrogen-bond donors (Lipinski definition) is 3. The third-order valence-electron chi connectivity index (χ3n) is 7.40. The molecule has 35 heavy (non-hydrogen) atoms. The number of carboxylic acid groups (broad SMARTS) is 1. The Morgan fingerprint density at radius 2 is 1.63 bits per heavy atom. The number of carbonyl (C=O) groups excluding carboxylic acids is 2. The van der Waals surface area contributed by atoms with Gasteiger partial charge < -0.3 is 25.2 Å². The van der Waals surface area contributed by atoms with E-state index in [1.54, 1.807) is 0 Å². The summed E-state index contributed by atoms with van der Waals surface area (Å²) in [6.07, 6.45) is 1.49. The molecule has 2 amide bonds. The van der Waals surface area contributed by atoms with Crippen molar-refractivity contribution < 1.29 is 29.0 Å². The second-order valence-corrected chi connectivity index (χ2v) is 9.65. The van der Waals surface area contributed by atoms with Crippen LogP contribution in [0.4, 0.5) is 4.79 Å². The van der Waals surface area contributed by atoms with Crippen LogP contribution in [-0.4, -0.2) is 55.0 Å². The zero-order chi connectivity index (χ0) is 24.4. The van der Waals surface area contributed by atoms with Gasteiger partial charge in [-0.25, -0.2) is 4.79 Å². The van der Waals surface area contributed by atoms with Crippen molar-refractivity contribution in [2.45, 2.75) is 43.7 Å². The van der Waals surface area contributed by atoms with Crippen molar-refractivity contribution in [3.8, 4) is 11.1 Å². The van der Waals surface area contributed by atoms with E-state index < -0.39 is 12.1 Å². The molecule has 1 saturated carbocycles. The lowest BCUT2D eigenvalue weighted by Gasteiger charge is -2.16. The summed E-state index contributed by atoms with van der Waals surface area (Å²) in [4.78, 5) is 36.1. The monoisotopic (exact) mass is 478 g/mol. The predicted molar refractivity (Wildman–Crippen MR) is 128 cm³/mol. The number of nitrogens with one attached hydrogen (secondary N) is 2. The highest BCUT2D eigenvalue weighted by Gasteiger charge is 2.35. The van der Waals surface area contributed by atoms with Gasteiger partial charge in [-0.2, -0.15) is 0 Å². The van der Waals surface area contributed by atoms with Gasteiger partial charge in [0.25, 0.3) is 0 Å². The zero-order valence-electron chi connectivity index (χ0n) is 19.4. The number of hydrogen-bond acceptors (Lipinski definition) is 5. The molecule has 1 heterocycles. The maximum absolute atomic E-state index is 12.6. The minimum absolute atomic E-state index is 0.000249. The van der Waals surface area contributed by atoms with Gasteiger partial charge in [-0.05, 0) is 47.9 Å². The van der Waals surface area contributed by atoms with Gasteiger partial charge in [0.1, 0.15) is 6.61 Å². The largest absolute Gasteiger partial charge is 0.481 e. The summed E-state index contributed by atoms with van der Waals surface area (Å²) >= 11 is 0. The fraction of sp³-hybridized carbons (Fsp3) is 0.444. The molecule has 3 N–H and O–H groups in total. The lowest BCUT2D eigenvalue weighted by atomic mass is 9.98. The van der Waals surface area contributed by atoms with Crippen molar-refractivity contribution in [1.29, 1.82) is 0 Å². The Bertz CT molecular complexity index is 1070. The van der Waals surface area contributed by atoms with Crippen LogP contribution in [0.25, 0.3) is 11.1 Å². The molecule has 184 valence electrons. The molecular weight excluding hydrogens is 448 g/mol. The summed E-state index contributed by atoms with van der Waals surface area (Å²) in [7, 11) is 0. The Morgan fingerprint density at radius 1 is 0.943 bits per heavy atom. The molecule has 5 rings (SSSR count). The van der Waals surface area contributed by atoms with Gasteiger partial charge in [0.15, 0.2) is 0 Å². The fourth-order valence-corrected chi connectivity index (χ4v) is 5.53. The Labute approximate surface area is 204 Å². The molecule has 3 aliphatic rings. The van der Waals surface area contributed by atoms with Crippen molar-refractivity contribution in [3.63, 3.8) is 0 Å². The number of carboxylic acids is 1. The van der Waals surface area contributed by atoms with Crippen LogP contribution >= 0.6 is 0 Å². The molecule has 0 bridgehead atoms. The van der Waals surface area contributed by atoms with Crippen LogP contribution < -0.4 is 10.6 Å². The van der Waals surface area contributed by atoms with Crippen LogP contribution in [0.15, 0.2) is 48.5 Å². The number of fused-ring (bicyclic) bond motifs is 3. The molecule has 0 aromatic heterocycles. The quantitative estimate of drug-likeness (QED) is 0.563. The van der Waals surface area contributed by atoms with E-state index >= 15 is 0 Å². The van der Waals surface area contributed by atoms with E-state index in [0.717, 1.165) is 11.1 Å². The van der Waals surface area contributed by atoms with Gasteiger partial charge in [0, 0.05) is 18.5 Å². The minimum Gasteiger partial charge on any atom is -0.481 e. The summed E-state index contributed by atoms with van der Waals surface area (Å²) in [6, 6.07) is 16.3. The van der Waals surface area contributed by atoms with E-state index in [0.29, 0.717) is 25.7 Å². The molecule has 2 fully saturated rings. The Morgan fingerprint density at radius 3 is 2.29 bits per heavy atom. The van der Waals surface area contributed by atoms with Crippen molar-refractivity contribution in [2.24, 2.45) is 11.8 Å². The van der Waals surface area contributed by atoms with Crippen LogP contribution in [0.2, 0.25) is 0 Å². The van der Waals surface area contributed by atoms with E-state index in [2.05, 4.69) is 34.9 Å². The van der Waals surface area contributed by atoms with Gasteiger partial charge >= 0.3 is 12.1 Å². The van der Waals surface area contributed by atoms with Crippen molar-refractivity contribution in [1.82, 2.24) is 10.6 Å². The van der Waals surface area contributed by atoms with E-state index in [1.165, 1.54) is 11.1 Å². The number of alkyl carbamates (subject to hydrolysis) is 1. The Kier molecular flexibility index (Phi) is 6.72. The van der Waals surface area contributed by atoms with E-state index in [9.17, 15) is 14.4 Å². The number of aliphatic carboxylic acids is 1. The lowest BCUT2D eigenvalue weighted by Crippen LogP contribution is -2.38. The zero-order valence-corrected chi connectivity index (χ0v) is 19.4. The lowest BCUT2D eigenvalue weighted by molar-refractivity contribution is -0.141. The summed E-state index contributed by atoms with van der Waals surface area (Å²) < 4.78 is 11.3. The van der Waals surface area contributed by atoms with Gasteiger partial charge in [0.2, 0.25) is 5.91 Å². The van der Waals surface area contributed by atoms with Gasteiger partial charge in [-0.1, -0.05) is 48.5 Å². The minimum atomic E-state index is -0.801. The van der Waals surface area contributed by atoms with Gasteiger partial charge in [-0.3, -0.25) is 9.59 Å². The summed E-state index contributed by atoms with van der Waals surface area (Å²) in [5, 5.41) is 14.9. The number of amides is 2. The first kappa shape index (κ1) is 23.4. The molecule has 2 unspecified atom stereocenters. The molecular formula is C27H30N2O6. The first-order chi connectivity index (χ1) is 17.0. The molecule has 1 saturated heterocycles. The predicted octanol–water partition coefficient (Wildman–Crippen LogP) is 3.30. The van der Waals surface area contributed by atoms with Gasteiger partial charge in [0.05, 0.1) is 24.5 Å². The van der Waals surface area contributed by atoms with E-state index in [1.807, 2.05) is 24.3 Å². The number of rotatable bonds is 7. The normalized spacial score (nSPS) is 25.0. The summed E-state index contributed by atoms with van der Waals surface area (Å²) in [5.74, 6) is -1.59. The van der Waals surface area contributed by atoms with Crippen LogP contribution in [0.5, 0.6) is 0 Å². The molecule has 0 spiro atoms. The molecule has 0 radical (unpaired) electrons. The second kappa shape index (κ2) is 10.1. The highest BCUT2D eigenvalue weighted by atomic mass is 16.5. The number of benzene rings is 2. The molecule has 8 heteroatoms. The number of carbonyl (C=O) groups is 3. The van der Waals surface area contributed by atoms with E-state index in [4.69, 9.17) is 14.6 Å². The van der Waals surface area contributed by atoms with Crippen molar-refractivity contribution >= 4 is 18.0 Å². The van der Waals surface area contributed by atoms with Crippen LogP contribution in [0, 0.1) is 11.8 Å². The van der Waals surface area contributed by atoms with E-state index in [-0.39, 0.29) is 55.6 Å². The Hall–Kier alpha value is -3.39. The molecule has 8 nitrogen and oxygen atoms in total. The maximum Gasteiger partial charge on any atom is 0.407 e. The third-order valence-corrected chi connectivity index (χ3v) is 7.40. The Balaban J connectivity index is 1.06. The van der Waals surface area contributed by atoms with Crippen LogP contribution in [0.3, 0.4) is 0 Å². The molecule has 2 aromatic carbocycles. The summed E-state index contributed by atoms with van der Waals surface area (Å²) in [6.45, 7) is 0.804. The molecule has 2 aliphatic carbocycles. The number of ether oxygens (including phenoxy) is 2. The third kappa shape index (κ3) is 5.03. The van der Waals surface area contributed by atoms with Crippen LogP contribution in [-0.2, 0) is 19.1 Å². The highest BCUT2D eigenvalue weighted by Crippen LogP contribution is 2.44. The molecule has 2 aromatic rings. The average molecular weight is 479 g/mol. The first-order valence-electron chi connectivity index (χ1n) is 12.2. The average Bonchev–Trinajstić information content (AvgIpc) is 3.59. The second-order valence-electron chi connectivity index (χ2n) is 9.65. The molecule has 1 aliphatic heterocycles. The summed E-state index contributed by atoms with van der Waals surface area (Å²) in [5.41, 5.74) is 4.67.